The van der Waals surface area contributed by atoms with Crippen LogP contribution in [0.5, 0.6) is 0 Å². The van der Waals surface area contributed by atoms with E-state index in [1.165, 1.54) is 0 Å². The lowest BCUT2D eigenvalue weighted by Gasteiger charge is -2.29. The number of piperidine rings is 1. The predicted octanol–water partition coefficient (Wildman–Crippen LogP) is 2.20. The Balaban J connectivity index is 1.88. The van der Waals surface area contributed by atoms with E-state index in [0.717, 1.165) is 11.9 Å². The summed E-state index contributed by atoms with van der Waals surface area (Å²) in [5.41, 5.74) is 1.98. The van der Waals surface area contributed by atoms with Crippen LogP contribution in [-0.2, 0) is 0 Å². The van der Waals surface area contributed by atoms with Crippen molar-refractivity contribution in [1.82, 2.24) is 14.9 Å². The molecule has 1 aliphatic rings. The first-order valence-electron chi connectivity index (χ1n) is 6.38. The van der Waals surface area contributed by atoms with Crippen LogP contribution in [0.4, 0.5) is 4.39 Å². The van der Waals surface area contributed by atoms with E-state index in [9.17, 15) is 9.18 Å². The van der Waals surface area contributed by atoms with E-state index in [0.29, 0.717) is 24.0 Å². The van der Waals surface area contributed by atoms with Gasteiger partial charge in [-0.15, -0.1) is 0 Å². The molecule has 98 valence electrons. The molecule has 0 bridgehead atoms. The molecule has 1 aliphatic heterocycles. The molecule has 0 N–H and O–H groups in total. The number of rotatable bonds is 1. The van der Waals surface area contributed by atoms with Gasteiger partial charge in [0.25, 0.3) is 5.91 Å². The number of fused-ring (bicyclic) bond motifs is 1. The topological polar surface area (TPSA) is 46.1 Å². The van der Waals surface area contributed by atoms with Gasteiger partial charge in [-0.3, -0.25) is 14.8 Å². The van der Waals surface area contributed by atoms with Crippen LogP contribution in [-0.4, -0.2) is 40.0 Å². The summed E-state index contributed by atoms with van der Waals surface area (Å²) in [6.07, 6.45) is 3.57. The fraction of sp³-hybridized carbons (Fsp3) is 0.357. The smallest absolute Gasteiger partial charge is 0.254 e. The fourth-order valence-corrected chi connectivity index (χ4v) is 2.39. The number of alkyl halides is 1. The summed E-state index contributed by atoms with van der Waals surface area (Å²) >= 11 is 0. The highest BCUT2D eigenvalue weighted by molar-refractivity contribution is 5.97. The molecule has 1 atom stereocenters. The molecular weight excluding hydrogens is 245 g/mol. The second-order valence-corrected chi connectivity index (χ2v) is 4.75. The fourth-order valence-electron chi connectivity index (χ4n) is 2.39. The summed E-state index contributed by atoms with van der Waals surface area (Å²) in [7, 11) is 0. The number of nitrogens with zero attached hydrogens (tertiary/aromatic N) is 3. The summed E-state index contributed by atoms with van der Waals surface area (Å²) in [4.78, 5) is 22.2. The van der Waals surface area contributed by atoms with Crippen molar-refractivity contribution in [3.8, 4) is 0 Å². The first-order valence-corrected chi connectivity index (χ1v) is 6.38. The van der Waals surface area contributed by atoms with E-state index in [2.05, 4.69) is 9.97 Å². The number of carbonyl (C=O) groups is 1. The van der Waals surface area contributed by atoms with E-state index in [1.54, 1.807) is 35.5 Å². The molecule has 1 aromatic carbocycles. The van der Waals surface area contributed by atoms with E-state index in [1.807, 2.05) is 0 Å². The summed E-state index contributed by atoms with van der Waals surface area (Å²) < 4.78 is 13.3. The predicted molar refractivity (Wildman–Crippen MR) is 69.6 cm³/mol. The molecule has 5 heteroatoms. The lowest BCUT2D eigenvalue weighted by molar-refractivity contribution is 0.0636. The third-order valence-corrected chi connectivity index (χ3v) is 3.37. The van der Waals surface area contributed by atoms with Crippen LogP contribution in [0.1, 0.15) is 23.2 Å². The Labute approximate surface area is 110 Å². The van der Waals surface area contributed by atoms with Gasteiger partial charge in [0.15, 0.2) is 0 Å². The first-order chi connectivity index (χ1) is 9.24. The van der Waals surface area contributed by atoms with Gasteiger partial charge in [-0.25, -0.2) is 4.39 Å². The number of halogens is 1. The number of amides is 1. The minimum absolute atomic E-state index is 0.130. The van der Waals surface area contributed by atoms with Gasteiger partial charge in [-0.1, -0.05) is 0 Å². The number of benzene rings is 1. The number of carbonyl (C=O) groups excluding carboxylic acids is 1. The summed E-state index contributed by atoms with van der Waals surface area (Å²) in [5, 5.41) is 0. The third kappa shape index (κ3) is 2.41. The molecule has 1 saturated heterocycles. The number of hydrogen-bond donors (Lipinski definition) is 0. The molecule has 1 fully saturated rings. The van der Waals surface area contributed by atoms with E-state index in [-0.39, 0.29) is 12.5 Å². The normalized spacial score (nSPS) is 19.6. The van der Waals surface area contributed by atoms with Crippen LogP contribution in [0.2, 0.25) is 0 Å². The molecule has 3 rings (SSSR count). The lowest BCUT2D eigenvalue weighted by Crippen LogP contribution is -2.40. The monoisotopic (exact) mass is 259 g/mol. The molecule has 1 aromatic heterocycles. The van der Waals surface area contributed by atoms with Crippen molar-refractivity contribution in [2.24, 2.45) is 0 Å². The SMILES string of the molecule is O=C(c1ccc2nccnc2c1)N1CCCC(F)C1. The quantitative estimate of drug-likeness (QED) is 0.788. The Bertz CT molecular complexity index is 616. The number of likely N-dealkylation sites (tertiary alicyclic amines) is 1. The van der Waals surface area contributed by atoms with Crippen LogP contribution in [0.25, 0.3) is 11.0 Å². The van der Waals surface area contributed by atoms with Crippen LogP contribution in [0.3, 0.4) is 0 Å². The number of aromatic nitrogens is 2. The molecule has 2 aromatic rings. The van der Waals surface area contributed by atoms with Gasteiger partial charge in [0.2, 0.25) is 0 Å². The van der Waals surface area contributed by atoms with E-state index < -0.39 is 6.17 Å². The average molecular weight is 259 g/mol. The van der Waals surface area contributed by atoms with Gasteiger partial charge in [-0.05, 0) is 31.0 Å². The maximum Gasteiger partial charge on any atom is 0.254 e. The summed E-state index contributed by atoms with van der Waals surface area (Å²) in [6.45, 7) is 0.815. The molecule has 0 radical (unpaired) electrons. The van der Waals surface area contributed by atoms with Gasteiger partial charge in [0, 0.05) is 24.5 Å². The Morgan fingerprint density at radius 1 is 1.26 bits per heavy atom. The second-order valence-electron chi connectivity index (χ2n) is 4.75. The molecule has 0 saturated carbocycles. The lowest BCUT2D eigenvalue weighted by atomic mass is 10.1. The van der Waals surface area contributed by atoms with Crippen LogP contribution < -0.4 is 0 Å². The average Bonchev–Trinajstić information content (AvgIpc) is 2.46. The van der Waals surface area contributed by atoms with Crippen molar-refractivity contribution in [2.45, 2.75) is 19.0 Å². The standard InChI is InChI=1S/C14H14FN3O/c15-11-2-1-7-18(9-11)14(19)10-3-4-12-13(8-10)17-6-5-16-12/h3-6,8,11H,1-2,7,9H2. The largest absolute Gasteiger partial charge is 0.336 e. The van der Waals surface area contributed by atoms with Crippen molar-refractivity contribution in [1.29, 1.82) is 0 Å². The second kappa shape index (κ2) is 4.91. The van der Waals surface area contributed by atoms with Crippen molar-refractivity contribution in [3.63, 3.8) is 0 Å². The zero-order chi connectivity index (χ0) is 13.2. The van der Waals surface area contributed by atoms with Gasteiger partial charge >= 0.3 is 0 Å². The third-order valence-electron chi connectivity index (χ3n) is 3.37. The zero-order valence-electron chi connectivity index (χ0n) is 10.4. The van der Waals surface area contributed by atoms with Crippen molar-refractivity contribution in [3.05, 3.63) is 36.2 Å². The first kappa shape index (κ1) is 12.0. The van der Waals surface area contributed by atoms with E-state index in [4.69, 9.17) is 0 Å². The molecule has 4 nitrogen and oxygen atoms in total. The number of hydrogen-bond acceptors (Lipinski definition) is 3. The minimum atomic E-state index is -0.905. The molecule has 1 amide bonds. The molecule has 0 aliphatic carbocycles. The Morgan fingerprint density at radius 3 is 2.84 bits per heavy atom. The van der Waals surface area contributed by atoms with E-state index >= 15 is 0 Å². The van der Waals surface area contributed by atoms with Gasteiger partial charge in [-0.2, -0.15) is 0 Å². The van der Waals surface area contributed by atoms with Crippen molar-refractivity contribution < 1.29 is 9.18 Å². The molecule has 0 spiro atoms. The van der Waals surface area contributed by atoms with Crippen molar-refractivity contribution >= 4 is 16.9 Å². The Kier molecular flexibility index (Phi) is 3.11. The Hall–Kier alpha value is -2.04. The summed E-state index contributed by atoms with van der Waals surface area (Å²) in [5.74, 6) is -0.130. The van der Waals surface area contributed by atoms with Gasteiger partial charge in [0.05, 0.1) is 17.6 Å². The van der Waals surface area contributed by atoms with Crippen LogP contribution in [0.15, 0.2) is 30.6 Å². The zero-order valence-corrected chi connectivity index (χ0v) is 10.4. The minimum Gasteiger partial charge on any atom is -0.336 e. The van der Waals surface area contributed by atoms with Crippen LogP contribution >= 0.6 is 0 Å². The maximum atomic E-state index is 13.3. The highest BCUT2D eigenvalue weighted by Gasteiger charge is 2.24. The molecule has 2 heterocycles. The maximum absolute atomic E-state index is 13.3. The molecular formula is C14H14FN3O. The van der Waals surface area contributed by atoms with Gasteiger partial charge in [0.1, 0.15) is 6.17 Å². The van der Waals surface area contributed by atoms with Gasteiger partial charge < -0.3 is 4.90 Å². The van der Waals surface area contributed by atoms with Crippen molar-refractivity contribution in [2.75, 3.05) is 13.1 Å². The molecule has 19 heavy (non-hydrogen) atoms. The van der Waals surface area contributed by atoms with Crippen LogP contribution in [0, 0.1) is 0 Å². The highest BCUT2D eigenvalue weighted by Crippen LogP contribution is 2.17. The molecule has 1 unspecified atom stereocenters. The summed E-state index contributed by atoms with van der Waals surface area (Å²) in [6, 6.07) is 5.21. The Morgan fingerprint density at radius 2 is 2.05 bits per heavy atom. The highest BCUT2D eigenvalue weighted by atomic mass is 19.1.